The molecule has 2 fully saturated rings. The number of aromatic nitrogens is 2. The molecule has 2 aliphatic rings. The van der Waals surface area contributed by atoms with Gasteiger partial charge in [0.1, 0.15) is 6.10 Å². The quantitative estimate of drug-likeness (QED) is 0.870. The first-order chi connectivity index (χ1) is 9.24. The van der Waals surface area contributed by atoms with Crippen molar-refractivity contribution in [2.75, 3.05) is 24.5 Å². The number of anilines is 1. The predicted octanol–water partition coefficient (Wildman–Crippen LogP) is 1.29. The number of hydrogen-bond acceptors (Lipinski definition) is 5. The van der Waals surface area contributed by atoms with Crippen molar-refractivity contribution in [1.29, 1.82) is 0 Å². The Morgan fingerprint density at radius 2 is 2.11 bits per heavy atom. The van der Waals surface area contributed by atoms with Crippen molar-refractivity contribution >= 4 is 11.9 Å². The Balaban J connectivity index is 1.73. The molecule has 19 heavy (non-hydrogen) atoms. The zero-order valence-corrected chi connectivity index (χ0v) is 11.0. The zero-order valence-electron chi connectivity index (χ0n) is 11.0. The summed E-state index contributed by atoms with van der Waals surface area (Å²) in [5.41, 5.74) is 1.02. The van der Waals surface area contributed by atoms with Gasteiger partial charge in [-0.05, 0) is 32.9 Å². The van der Waals surface area contributed by atoms with E-state index in [1.165, 1.54) is 4.90 Å². The van der Waals surface area contributed by atoms with Gasteiger partial charge < -0.3 is 10.1 Å². The SMILES string of the molecule is CC1CN(c2cnc(C3CCNCC3)cn2)C(=O)O1. The van der Waals surface area contributed by atoms with E-state index >= 15 is 0 Å². The van der Waals surface area contributed by atoms with E-state index in [9.17, 15) is 4.79 Å². The number of carbonyl (C=O) groups excluding carboxylic acids is 1. The van der Waals surface area contributed by atoms with Crippen LogP contribution in [0.5, 0.6) is 0 Å². The molecule has 0 saturated carbocycles. The number of nitrogens with one attached hydrogen (secondary N) is 1. The number of rotatable bonds is 2. The first-order valence-corrected chi connectivity index (χ1v) is 6.75. The molecule has 0 radical (unpaired) electrons. The van der Waals surface area contributed by atoms with Gasteiger partial charge in [0.05, 0.1) is 24.6 Å². The highest BCUT2D eigenvalue weighted by Crippen LogP contribution is 2.24. The highest BCUT2D eigenvalue weighted by atomic mass is 16.6. The molecule has 1 aromatic rings. The third-order valence-electron chi connectivity index (χ3n) is 3.65. The van der Waals surface area contributed by atoms with E-state index in [0.29, 0.717) is 18.3 Å². The van der Waals surface area contributed by atoms with Crippen LogP contribution in [0.4, 0.5) is 10.6 Å². The normalized spacial score (nSPS) is 24.6. The monoisotopic (exact) mass is 262 g/mol. The molecule has 6 nitrogen and oxygen atoms in total. The van der Waals surface area contributed by atoms with E-state index in [4.69, 9.17) is 4.74 Å². The minimum atomic E-state index is -0.337. The third-order valence-corrected chi connectivity index (χ3v) is 3.65. The van der Waals surface area contributed by atoms with Crippen LogP contribution in [-0.4, -0.2) is 41.8 Å². The summed E-state index contributed by atoms with van der Waals surface area (Å²) in [5, 5.41) is 3.33. The Hall–Kier alpha value is -1.69. The van der Waals surface area contributed by atoms with Gasteiger partial charge in [0.2, 0.25) is 0 Å². The summed E-state index contributed by atoms with van der Waals surface area (Å²) in [6.07, 6.45) is 5.24. The van der Waals surface area contributed by atoms with Gasteiger partial charge in [0.15, 0.2) is 5.82 Å². The summed E-state index contributed by atoms with van der Waals surface area (Å²) in [6, 6.07) is 0. The fourth-order valence-electron chi connectivity index (χ4n) is 2.59. The second kappa shape index (κ2) is 5.13. The topological polar surface area (TPSA) is 67.4 Å². The van der Waals surface area contributed by atoms with Crippen molar-refractivity contribution in [3.63, 3.8) is 0 Å². The zero-order chi connectivity index (χ0) is 13.2. The van der Waals surface area contributed by atoms with Crippen LogP contribution in [0.3, 0.4) is 0 Å². The molecule has 2 saturated heterocycles. The number of hydrogen-bond donors (Lipinski definition) is 1. The minimum Gasteiger partial charge on any atom is -0.444 e. The molecule has 6 heteroatoms. The second-order valence-corrected chi connectivity index (χ2v) is 5.13. The molecule has 3 rings (SSSR count). The van der Waals surface area contributed by atoms with Gasteiger partial charge in [0.25, 0.3) is 0 Å². The van der Waals surface area contributed by atoms with Crippen LogP contribution in [0, 0.1) is 0 Å². The molecule has 0 bridgehead atoms. The van der Waals surface area contributed by atoms with Gasteiger partial charge >= 0.3 is 6.09 Å². The van der Waals surface area contributed by atoms with Crippen molar-refractivity contribution in [1.82, 2.24) is 15.3 Å². The molecular formula is C13H18N4O2. The maximum atomic E-state index is 11.6. The molecule has 3 heterocycles. The third kappa shape index (κ3) is 2.53. The minimum absolute atomic E-state index is 0.0848. The number of nitrogens with zero attached hydrogens (tertiary/aromatic N) is 3. The molecule has 0 aromatic carbocycles. The Kier molecular flexibility index (Phi) is 3.33. The van der Waals surface area contributed by atoms with Gasteiger partial charge in [-0.25, -0.2) is 9.78 Å². The number of carbonyl (C=O) groups is 1. The van der Waals surface area contributed by atoms with E-state index in [0.717, 1.165) is 31.6 Å². The van der Waals surface area contributed by atoms with E-state index in [1.54, 1.807) is 12.4 Å². The van der Waals surface area contributed by atoms with E-state index in [-0.39, 0.29) is 12.2 Å². The van der Waals surface area contributed by atoms with Crippen molar-refractivity contribution < 1.29 is 9.53 Å². The van der Waals surface area contributed by atoms with Crippen LogP contribution in [-0.2, 0) is 4.74 Å². The lowest BCUT2D eigenvalue weighted by atomic mass is 9.95. The first-order valence-electron chi connectivity index (χ1n) is 6.75. The lowest BCUT2D eigenvalue weighted by Crippen LogP contribution is -2.28. The number of piperidine rings is 1. The molecule has 0 spiro atoms. The van der Waals surface area contributed by atoms with Crippen LogP contribution in [0.1, 0.15) is 31.4 Å². The van der Waals surface area contributed by atoms with Gasteiger partial charge in [-0.3, -0.25) is 9.88 Å². The summed E-state index contributed by atoms with van der Waals surface area (Å²) >= 11 is 0. The first kappa shape index (κ1) is 12.3. The average Bonchev–Trinajstić information content (AvgIpc) is 2.79. The van der Waals surface area contributed by atoms with Crippen LogP contribution >= 0.6 is 0 Å². The van der Waals surface area contributed by atoms with Crippen molar-refractivity contribution in [3.05, 3.63) is 18.1 Å². The number of ether oxygens (including phenoxy) is 1. The summed E-state index contributed by atoms with van der Waals surface area (Å²) in [5.74, 6) is 1.05. The Labute approximate surface area is 112 Å². The largest absolute Gasteiger partial charge is 0.444 e. The van der Waals surface area contributed by atoms with Crippen molar-refractivity contribution in [2.45, 2.75) is 31.8 Å². The van der Waals surface area contributed by atoms with Crippen molar-refractivity contribution in [2.24, 2.45) is 0 Å². The number of cyclic esters (lactones) is 1. The van der Waals surface area contributed by atoms with Crippen LogP contribution in [0.2, 0.25) is 0 Å². The second-order valence-electron chi connectivity index (χ2n) is 5.13. The van der Waals surface area contributed by atoms with Crippen molar-refractivity contribution in [3.8, 4) is 0 Å². The highest BCUT2D eigenvalue weighted by Gasteiger charge is 2.30. The lowest BCUT2D eigenvalue weighted by molar-refractivity contribution is 0.150. The number of amides is 1. The Morgan fingerprint density at radius 1 is 1.32 bits per heavy atom. The molecule has 1 N–H and O–H groups in total. The summed E-state index contributed by atoms with van der Waals surface area (Å²) in [4.78, 5) is 22.0. The average molecular weight is 262 g/mol. The van der Waals surface area contributed by atoms with E-state index in [1.807, 2.05) is 6.92 Å². The summed E-state index contributed by atoms with van der Waals surface area (Å²) in [7, 11) is 0. The van der Waals surface area contributed by atoms with E-state index in [2.05, 4.69) is 15.3 Å². The maximum absolute atomic E-state index is 11.6. The maximum Gasteiger partial charge on any atom is 0.415 e. The molecule has 1 unspecified atom stereocenters. The molecule has 1 aromatic heterocycles. The summed E-state index contributed by atoms with van der Waals surface area (Å²) in [6.45, 7) is 4.48. The molecule has 0 aliphatic carbocycles. The predicted molar refractivity (Wildman–Crippen MR) is 70.2 cm³/mol. The van der Waals surface area contributed by atoms with Crippen LogP contribution < -0.4 is 10.2 Å². The molecule has 2 aliphatic heterocycles. The highest BCUT2D eigenvalue weighted by molar-refractivity contribution is 5.88. The van der Waals surface area contributed by atoms with Gasteiger partial charge in [-0.1, -0.05) is 0 Å². The van der Waals surface area contributed by atoms with Crippen LogP contribution in [0.15, 0.2) is 12.4 Å². The fourth-order valence-corrected chi connectivity index (χ4v) is 2.59. The summed E-state index contributed by atoms with van der Waals surface area (Å²) < 4.78 is 5.09. The standard InChI is InChI=1S/C13H18N4O2/c1-9-8-17(13(18)19-9)12-7-15-11(6-16-12)10-2-4-14-5-3-10/h6-7,9-10,14H,2-5,8H2,1H3. The fraction of sp³-hybridized carbons (Fsp3) is 0.615. The molecular weight excluding hydrogens is 244 g/mol. The lowest BCUT2D eigenvalue weighted by Gasteiger charge is -2.22. The van der Waals surface area contributed by atoms with Gasteiger partial charge in [-0.2, -0.15) is 0 Å². The molecule has 102 valence electrons. The molecule has 1 atom stereocenters. The van der Waals surface area contributed by atoms with E-state index < -0.39 is 0 Å². The Morgan fingerprint density at radius 3 is 2.68 bits per heavy atom. The van der Waals surface area contributed by atoms with Gasteiger partial charge in [0, 0.05) is 5.92 Å². The Bertz CT molecular complexity index is 456. The van der Waals surface area contributed by atoms with Gasteiger partial charge in [-0.15, -0.1) is 0 Å². The smallest absolute Gasteiger partial charge is 0.415 e. The molecule has 1 amide bonds. The van der Waals surface area contributed by atoms with Crippen LogP contribution in [0.25, 0.3) is 0 Å².